The quantitative estimate of drug-likeness (QED) is 0.787. The van der Waals surface area contributed by atoms with E-state index in [0.29, 0.717) is 5.92 Å². The fourth-order valence-corrected chi connectivity index (χ4v) is 2.74. The Morgan fingerprint density at radius 1 is 1.29 bits per heavy atom. The molecular weight excluding hydrogens is 210 g/mol. The summed E-state index contributed by atoms with van der Waals surface area (Å²) in [5, 5.41) is 7.60. The Balaban J connectivity index is 2.09. The predicted molar refractivity (Wildman–Crippen MR) is 68.4 cm³/mol. The monoisotopic (exact) mass is 227 g/mol. The lowest BCUT2D eigenvalue weighted by atomic mass is 9.84. The Kier molecular flexibility index (Phi) is 2.48. The second-order valence-corrected chi connectivity index (χ2v) is 4.98. The van der Waals surface area contributed by atoms with Crippen LogP contribution < -0.4 is 5.73 Å². The molecule has 3 nitrogen and oxygen atoms in total. The lowest BCUT2D eigenvalue weighted by Gasteiger charge is -2.24. The molecular formula is C14H17N3. The van der Waals surface area contributed by atoms with Crippen LogP contribution in [0, 0.1) is 5.92 Å². The van der Waals surface area contributed by atoms with Crippen LogP contribution in [-0.4, -0.2) is 10.2 Å². The fourth-order valence-electron chi connectivity index (χ4n) is 2.74. The van der Waals surface area contributed by atoms with E-state index in [-0.39, 0.29) is 6.04 Å². The molecule has 0 spiro atoms. The van der Waals surface area contributed by atoms with Crippen molar-refractivity contribution in [1.82, 2.24) is 10.2 Å². The normalized spacial score (nSPS) is 23.4. The number of aromatic nitrogens is 2. The van der Waals surface area contributed by atoms with Crippen molar-refractivity contribution in [2.75, 3.05) is 0 Å². The molecule has 1 aliphatic carbocycles. The van der Waals surface area contributed by atoms with Gasteiger partial charge in [0.25, 0.3) is 0 Å². The Morgan fingerprint density at radius 3 is 2.82 bits per heavy atom. The zero-order chi connectivity index (χ0) is 11.8. The lowest BCUT2D eigenvalue weighted by molar-refractivity contribution is 0.436. The Hall–Kier alpha value is -1.61. The van der Waals surface area contributed by atoms with Crippen LogP contribution in [0.1, 0.15) is 30.6 Å². The van der Waals surface area contributed by atoms with Gasteiger partial charge in [0.2, 0.25) is 0 Å². The van der Waals surface area contributed by atoms with Gasteiger partial charge < -0.3 is 5.73 Å². The summed E-state index contributed by atoms with van der Waals surface area (Å²) < 4.78 is 0. The van der Waals surface area contributed by atoms with Crippen LogP contribution in [0.3, 0.4) is 0 Å². The molecule has 1 aromatic carbocycles. The lowest BCUT2D eigenvalue weighted by Crippen LogP contribution is -2.22. The van der Waals surface area contributed by atoms with Crippen molar-refractivity contribution in [3.05, 3.63) is 41.6 Å². The van der Waals surface area contributed by atoms with E-state index in [2.05, 4.69) is 29.3 Å². The van der Waals surface area contributed by atoms with Crippen molar-refractivity contribution in [1.29, 1.82) is 0 Å². The average Bonchev–Trinajstić information content (AvgIpc) is 2.74. The molecule has 0 aliphatic heterocycles. The van der Waals surface area contributed by atoms with Gasteiger partial charge in [-0.05, 0) is 18.8 Å². The van der Waals surface area contributed by atoms with E-state index >= 15 is 0 Å². The van der Waals surface area contributed by atoms with Crippen molar-refractivity contribution in [2.24, 2.45) is 11.7 Å². The van der Waals surface area contributed by atoms with Gasteiger partial charge in [0.05, 0.1) is 5.69 Å². The summed E-state index contributed by atoms with van der Waals surface area (Å²) in [6.45, 7) is 2.24. The topological polar surface area (TPSA) is 54.7 Å². The molecule has 1 heterocycles. The van der Waals surface area contributed by atoms with Crippen molar-refractivity contribution in [3.8, 4) is 11.3 Å². The molecule has 3 rings (SSSR count). The Bertz CT molecular complexity index is 516. The van der Waals surface area contributed by atoms with E-state index in [1.54, 1.807) is 0 Å². The number of nitrogens with one attached hydrogen (secondary N) is 1. The molecule has 0 saturated carbocycles. The molecule has 1 aliphatic rings. The molecule has 3 heteroatoms. The molecule has 0 saturated heterocycles. The number of benzene rings is 1. The highest BCUT2D eigenvalue weighted by Gasteiger charge is 2.27. The molecule has 0 bridgehead atoms. The minimum Gasteiger partial charge on any atom is -0.324 e. The summed E-state index contributed by atoms with van der Waals surface area (Å²) in [5.41, 5.74) is 10.9. The summed E-state index contributed by atoms with van der Waals surface area (Å²) in [4.78, 5) is 0. The van der Waals surface area contributed by atoms with Crippen molar-refractivity contribution in [2.45, 2.75) is 25.8 Å². The third kappa shape index (κ3) is 1.76. The summed E-state index contributed by atoms with van der Waals surface area (Å²) in [7, 11) is 0. The van der Waals surface area contributed by atoms with Gasteiger partial charge in [-0.3, -0.25) is 5.10 Å². The van der Waals surface area contributed by atoms with E-state index in [1.165, 1.54) is 11.3 Å². The standard InChI is InChI=1S/C14H17N3/c1-9-7-11(15)13-12(8-9)16-17-14(13)10-5-3-2-4-6-10/h2-6,9,11H,7-8,15H2,1H3,(H,16,17). The number of H-pyrrole nitrogens is 1. The number of hydrogen-bond donors (Lipinski definition) is 2. The first-order valence-corrected chi connectivity index (χ1v) is 6.14. The summed E-state index contributed by atoms with van der Waals surface area (Å²) >= 11 is 0. The third-order valence-electron chi connectivity index (χ3n) is 3.51. The molecule has 17 heavy (non-hydrogen) atoms. The maximum absolute atomic E-state index is 6.26. The highest BCUT2D eigenvalue weighted by molar-refractivity contribution is 5.65. The summed E-state index contributed by atoms with van der Waals surface area (Å²) in [6, 6.07) is 10.4. The second kappa shape index (κ2) is 4.00. The number of fused-ring (bicyclic) bond motifs is 1. The number of nitrogens with two attached hydrogens (primary N) is 1. The first kappa shape index (κ1) is 10.5. The predicted octanol–water partition coefficient (Wildman–Crippen LogP) is 2.66. The van der Waals surface area contributed by atoms with Crippen LogP contribution in [0.15, 0.2) is 30.3 Å². The number of hydrogen-bond acceptors (Lipinski definition) is 2. The molecule has 2 aromatic rings. The first-order valence-electron chi connectivity index (χ1n) is 6.14. The number of aromatic amines is 1. The fraction of sp³-hybridized carbons (Fsp3) is 0.357. The third-order valence-corrected chi connectivity index (χ3v) is 3.51. The van der Waals surface area contributed by atoms with E-state index < -0.39 is 0 Å². The maximum atomic E-state index is 6.26. The maximum Gasteiger partial charge on any atom is 0.0971 e. The Labute approximate surface area is 101 Å². The minimum absolute atomic E-state index is 0.114. The molecule has 1 aromatic heterocycles. The SMILES string of the molecule is CC1Cc2[nH]nc(-c3ccccc3)c2C(N)C1. The number of nitrogens with zero attached hydrogens (tertiary/aromatic N) is 1. The van der Waals surface area contributed by atoms with Gasteiger partial charge >= 0.3 is 0 Å². The van der Waals surface area contributed by atoms with Crippen molar-refractivity contribution >= 4 is 0 Å². The van der Waals surface area contributed by atoms with Gasteiger partial charge in [-0.2, -0.15) is 5.10 Å². The first-order chi connectivity index (χ1) is 8.25. The molecule has 0 amide bonds. The van der Waals surface area contributed by atoms with Crippen LogP contribution in [-0.2, 0) is 6.42 Å². The molecule has 0 fully saturated rings. The summed E-state index contributed by atoms with van der Waals surface area (Å²) in [6.07, 6.45) is 2.11. The minimum atomic E-state index is 0.114. The zero-order valence-corrected chi connectivity index (χ0v) is 9.98. The van der Waals surface area contributed by atoms with Gasteiger partial charge in [0.1, 0.15) is 0 Å². The Morgan fingerprint density at radius 2 is 2.06 bits per heavy atom. The van der Waals surface area contributed by atoms with E-state index in [4.69, 9.17) is 5.73 Å². The largest absolute Gasteiger partial charge is 0.324 e. The van der Waals surface area contributed by atoms with Crippen molar-refractivity contribution in [3.63, 3.8) is 0 Å². The molecule has 3 N–H and O–H groups in total. The zero-order valence-electron chi connectivity index (χ0n) is 9.98. The van der Waals surface area contributed by atoms with Gasteiger partial charge in [-0.25, -0.2) is 0 Å². The van der Waals surface area contributed by atoms with Gasteiger partial charge in [-0.15, -0.1) is 0 Å². The molecule has 0 radical (unpaired) electrons. The van der Waals surface area contributed by atoms with Crippen LogP contribution in [0.25, 0.3) is 11.3 Å². The van der Waals surface area contributed by atoms with Crippen LogP contribution in [0.5, 0.6) is 0 Å². The van der Waals surface area contributed by atoms with Crippen LogP contribution in [0.2, 0.25) is 0 Å². The molecule has 2 unspecified atom stereocenters. The van der Waals surface area contributed by atoms with Crippen LogP contribution in [0.4, 0.5) is 0 Å². The second-order valence-electron chi connectivity index (χ2n) is 4.98. The highest BCUT2D eigenvalue weighted by Crippen LogP contribution is 2.36. The number of rotatable bonds is 1. The summed E-state index contributed by atoms with van der Waals surface area (Å²) in [5.74, 6) is 0.640. The van der Waals surface area contributed by atoms with E-state index in [9.17, 15) is 0 Å². The van der Waals surface area contributed by atoms with Gasteiger partial charge in [-0.1, -0.05) is 37.3 Å². The van der Waals surface area contributed by atoms with Crippen molar-refractivity contribution < 1.29 is 0 Å². The van der Waals surface area contributed by atoms with E-state index in [0.717, 1.165) is 24.1 Å². The van der Waals surface area contributed by atoms with Crippen LogP contribution >= 0.6 is 0 Å². The van der Waals surface area contributed by atoms with E-state index in [1.807, 2.05) is 18.2 Å². The smallest absolute Gasteiger partial charge is 0.0971 e. The average molecular weight is 227 g/mol. The molecule has 2 atom stereocenters. The van der Waals surface area contributed by atoms with Gasteiger partial charge in [0.15, 0.2) is 0 Å². The highest BCUT2D eigenvalue weighted by atomic mass is 15.1. The molecule has 88 valence electrons. The van der Waals surface area contributed by atoms with Gasteiger partial charge in [0, 0.05) is 22.9 Å².